The van der Waals surface area contributed by atoms with Crippen molar-refractivity contribution in [2.75, 3.05) is 10.7 Å². The Morgan fingerprint density at radius 2 is 1.87 bits per heavy atom. The van der Waals surface area contributed by atoms with Crippen LogP contribution in [0, 0.1) is 13.8 Å². The number of hydrogen-bond donors (Lipinski definition) is 0. The Bertz CT molecular complexity index is 1140. The molecule has 0 aliphatic rings. The molecule has 30 heavy (non-hydrogen) atoms. The number of rotatable bonds is 6. The fourth-order valence-corrected chi connectivity index (χ4v) is 4.92. The Morgan fingerprint density at radius 3 is 2.60 bits per heavy atom. The van der Waals surface area contributed by atoms with Crippen LogP contribution in [0.1, 0.15) is 16.8 Å². The highest BCUT2D eigenvalue weighted by Crippen LogP contribution is 2.32. The van der Waals surface area contributed by atoms with Crippen molar-refractivity contribution in [2.24, 2.45) is 0 Å². The van der Waals surface area contributed by atoms with Crippen LogP contribution in [0.2, 0.25) is 5.02 Å². The molecule has 0 aliphatic carbocycles. The van der Waals surface area contributed by atoms with E-state index in [4.69, 9.17) is 16.6 Å². The van der Waals surface area contributed by atoms with Crippen LogP contribution in [-0.2, 0) is 11.3 Å². The highest BCUT2D eigenvalue weighted by atomic mass is 35.5. The number of fused-ring (bicyclic) bond motifs is 1. The second-order valence-corrected chi connectivity index (χ2v) is 9.44. The molecule has 0 aliphatic heterocycles. The van der Waals surface area contributed by atoms with E-state index >= 15 is 0 Å². The third kappa shape index (κ3) is 4.83. The van der Waals surface area contributed by atoms with Gasteiger partial charge in [0.1, 0.15) is 0 Å². The maximum absolute atomic E-state index is 13.2. The number of nitrogens with zero attached hydrogens (tertiary/aromatic N) is 3. The van der Waals surface area contributed by atoms with E-state index in [1.54, 1.807) is 11.1 Å². The van der Waals surface area contributed by atoms with E-state index in [0.717, 1.165) is 20.8 Å². The first-order chi connectivity index (χ1) is 14.5. The summed E-state index contributed by atoms with van der Waals surface area (Å²) in [5.41, 5.74) is 4.16. The first kappa shape index (κ1) is 20.8. The summed E-state index contributed by atoms with van der Waals surface area (Å²) in [5, 5.41) is 1.38. The lowest BCUT2D eigenvalue weighted by molar-refractivity contribution is -0.116. The first-order valence-corrected chi connectivity index (χ1v) is 11.6. The van der Waals surface area contributed by atoms with E-state index in [1.165, 1.54) is 34.2 Å². The molecule has 0 saturated heterocycles. The summed E-state index contributed by atoms with van der Waals surface area (Å²) < 4.78 is 1.08. The van der Waals surface area contributed by atoms with Crippen molar-refractivity contribution in [1.82, 2.24) is 9.97 Å². The van der Waals surface area contributed by atoms with Crippen molar-refractivity contribution < 1.29 is 4.79 Å². The van der Waals surface area contributed by atoms with Gasteiger partial charge in [0.2, 0.25) is 5.91 Å². The predicted octanol–water partition coefficient (Wildman–Crippen LogP) is 6.29. The number of benzene rings is 2. The molecule has 4 rings (SSSR count). The standard InChI is InChI=1S/C23H20ClN3OS2/c1-15-11-20-21(12-16(15)2)30-23(26-20)27(13-18-5-3-4-10-25-18)22(28)14-29-19-8-6-17(24)7-9-19/h3-12H,13-14H2,1-2H3. The van der Waals surface area contributed by atoms with Crippen molar-refractivity contribution in [3.8, 4) is 0 Å². The van der Waals surface area contributed by atoms with Crippen LogP contribution in [0.15, 0.2) is 65.7 Å². The van der Waals surface area contributed by atoms with Crippen LogP contribution >= 0.6 is 34.7 Å². The van der Waals surface area contributed by atoms with Gasteiger partial charge in [0.05, 0.1) is 28.2 Å². The lowest BCUT2D eigenvalue weighted by Gasteiger charge is -2.19. The van der Waals surface area contributed by atoms with Crippen molar-refractivity contribution in [3.63, 3.8) is 0 Å². The molecule has 1 amide bonds. The van der Waals surface area contributed by atoms with Gasteiger partial charge in [0, 0.05) is 16.1 Å². The lowest BCUT2D eigenvalue weighted by atomic mass is 10.1. The summed E-state index contributed by atoms with van der Waals surface area (Å²) >= 11 is 8.99. The smallest absolute Gasteiger partial charge is 0.239 e. The van der Waals surface area contributed by atoms with Gasteiger partial charge in [0.25, 0.3) is 0 Å². The molecule has 7 heteroatoms. The maximum Gasteiger partial charge on any atom is 0.239 e. The zero-order chi connectivity index (χ0) is 21.1. The molecule has 0 saturated carbocycles. The minimum absolute atomic E-state index is 0.00639. The molecule has 0 bridgehead atoms. The van der Waals surface area contributed by atoms with Gasteiger partial charge >= 0.3 is 0 Å². The Hall–Kier alpha value is -2.41. The van der Waals surface area contributed by atoms with Crippen molar-refractivity contribution in [2.45, 2.75) is 25.3 Å². The van der Waals surface area contributed by atoms with Gasteiger partial charge in [-0.15, -0.1) is 11.8 Å². The van der Waals surface area contributed by atoms with E-state index in [9.17, 15) is 4.79 Å². The van der Waals surface area contributed by atoms with Gasteiger partial charge in [-0.3, -0.25) is 14.7 Å². The molecular formula is C23H20ClN3OS2. The first-order valence-electron chi connectivity index (χ1n) is 9.46. The van der Waals surface area contributed by atoms with E-state index in [-0.39, 0.29) is 5.91 Å². The molecule has 0 N–H and O–H groups in total. The molecule has 2 heterocycles. The van der Waals surface area contributed by atoms with E-state index < -0.39 is 0 Å². The minimum Gasteiger partial charge on any atom is -0.281 e. The molecule has 2 aromatic carbocycles. The van der Waals surface area contributed by atoms with E-state index in [2.05, 4.69) is 31.0 Å². The van der Waals surface area contributed by atoms with E-state index in [1.807, 2.05) is 42.5 Å². The predicted molar refractivity (Wildman–Crippen MR) is 127 cm³/mol. The number of anilines is 1. The Morgan fingerprint density at radius 1 is 1.10 bits per heavy atom. The SMILES string of the molecule is Cc1cc2nc(N(Cc3ccccn3)C(=O)CSc3ccc(Cl)cc3)sc2cc1C. The molecule has 0 fully saturated rings. The van der Waals surface area contributed by atoms with Crippen LogP contribution in [0.3, 0.4) is 0 Å². The summed E-state index contributed by atoms with van der Waals surface area (Å²) in [7, 11) is 0. The number of thiazole rings is 1. The monoisotopic (exact) mass is 453 g/mol. The van der Waals surface area contributed by atoms with Crippen LogP contribution in [0.5, 0.6) is 0 Å². The molecular weight excluding hydrogens is 434 g/mol. The summed E-state index contributed by atoms with van der Waals surface area (Å²) in [5.74, 6) is 0.302. The number of pyridine rings is 1. The number of thioether (sulfide) groups is 1. The highest BCUT2D eigenvalue weighted by molar-refractivity contribution is 8.00. The number of aromatic nitrogens is 2. The minimum atomic E-state index is -0.00639. The zero-order valence-electron chi connectivity index (χ0n) is 16.6. The van der Waals surface area contributed by atoms with Gasteiger partial charge < -0.3 is 0 Å². The molecule has 0 atom stereocenters. The number of amides is 1. The van der Waals surface area contributed by atoms with Crippen LogP contribution in [0.4, 0.5) is 5.13 Å². The summed E-state index contributed by atoms with van der Waals surface area (Å²) in [4.78, 5) is 25.1. The molecule has 4 nitrogen and oxygen atoms in total. The average molecular weight is 454 g/mol. The number of hydrogen-bond acceptors (Lipinski definition) is 5. The number of carbonyl (C=O) groups is 1. The van der Waals surface area contributed by atoms with Crippen LogP contribution in [-0.4, -0.2) is 21.6 Å². The second kappa shape index (κ2) is 9.16. The number of halogens is 1. The van der Waals surface area contributed by atoms with Gasteiger partial charge in [-0.2, -0.15) is 0 Å². The average Bonchev–Trinajstić information content (AvgIpc) is 3.14. The normalized spacial score (nSPS) is 11.0. The fourth-order valence-electron chi connectivity index (χ4n) is 2.95. The Labute approximate surface area is 188 Å². The van der Waals surface area contributed by atoms with E-state index in [0.29, 0.717) is 22.5 Å². The molecule has 4 aromatic rings. The van der Waals surface area contributed by atoms with Gasteiger partial charge in [-0.25, -0.2) is 4.98 Å². The Kier molecular flexibility index (Phi) is 6.37. The van der Waals surface area contributed by atoms with Gasteiger partial charge in [-0.1, -0.05) is 29.0 Å². The molecule has 0 radical (unpaired) electrons. The zero-order valence-corrected chi connectivity index (χ0v) is 19.0. The fraction of sp³-hybridized carbons (Fsp3) is 0.174. The van der Waals surface area contributed by atoms with Crippen LogP contribution in [0.25, 0.3) is 10.2 Å². The summed E-state index contributed by atoms with van der Waals surface area (Å²) in [6.07, 6.45) is 1.74. The third-order valence-corrected chi connectivity index (χ3v) is 7.04. The highest BCUT2D eigenvalue weighted by Gasteiger charge is 2.21. The van der Waals surface area contributed by atoms with Crippen molar-refractivity contribution in [3.05, 3.63) is 82.6 Å². The number of aryl methyl sites for hydroxylation is 2. The molecule has 0 unspecified atom stereocenters. The molecule has 152 valence electrons. The molecule has 0 spiro atoms. The van der Waals surface area contributed by atoms with Gasteiger partial charge in [0.15, 0.2) is 5.13 Å². The summed E-state index contributed by atoms with van der Waals surface area (Å²) in [6.45, 7) is 4.56. The van der Waals surface area contributed by atoms with Gasteiger partial charge in [-0.05, 0) is 73.5 Å². The topological polar surface area (TPSA) is 46.1 Å². The third-order valence-electron chi connectivity index (χ3n) is 4.75. The lowest BCUT2D eigenvalue weighted by Crippen LogP contribution is -2.32. The maximum atomic E-state index is 13.2. The Balaban J connectivity index is 1.62. The summed E-state index contributed by atoms with van der Waals surface area (Å²) in [6, 6.07) is 17.5. The quantitative estimate of drug-likeness (QED) is 0.322. The van der Waals surface area contributed by atoms with Crippen molar-refractivity contribution in [1.29, 1.82) is 0 Å². The molecule has 2 aromatic heterocycles. The van der Waals surface area contributed by atoms with Crippen molar-refractivity contribution >= 4 is 56.0 Å². The second-order valence-electron chi connectivity index (χ2n) is 6.94. The van der Waals surface area contributed by atoms with Crippen LogP contribution < -0.4 is 4.90 Å². The largest absolute Gasteiger partial charge is 0.281 e. The number of carbonyl (C=O) groups excluding carboxylic acids is 1.